The van der Waals surface area contributed by atoms with Crippen LogP contribution >= 0.6 is 0 Å². The molecule has 2 atom stereocenters. The van der Waals surface area contributed by atoms with E-state index in [2.05, 4.69) is 15.3 Å². The first-order valence-electron chi connectivity index (χ1n) is 11.1. The lowest BCUT2D eigenvalue weighted by Gasteiger charge is -2.16. The van der Waals surface area contributed by atoms with E-state index in [1.54, 1.807) is 31.2 Å². The van der Waals surface area contributed by atoms with Crippen LogP contribution in [-0.2, 0) is 17.5 Å². The van der Waals surface area contributed by atoms with Gasteiger partial charge in [-0.05, 0) is 41.3 Å². The Balaban J connectivity index is 1.43. The zero-order chi connectivity index (χ0) is 25.0. The van der Waals surface area contributed by atoms with Crippen molar-refractivity contribution in [2.24, 2.45) is 5.73 Å². The maximum Gasteiger partial charge on any atom is 0.416 e. The second kappa shape index (κ2) is 10.4. The van der Waals surface area contributed by atoms with Crippen molar-refractivity contribution >= 4 is 5.91 Å². The van der Waals surface area contributed by atoms with Crippen molar-refractivity contribution in [3.05, 3.63) is 77.1 Å². The monoisotopic (exact) mass is 486 g/mol. The van der Waals surface area contributed by atoms with E-state index in [1.807, 2.05) is 0 Å². The van der Waals surface area contributed by atoms with Crippen LogP contribution in [0.25, 0.3) is 11.1 Å². The van der Waals surface area contributed by atoms with Gasteiger partial charge in [0, 0.05) is 25.4 Å². The molecule has 3 aromatic rings. The second-order valence-corrected chi connectivity index (χ2v) is 8.25. The molecule has 0 radical (unpaired) electrons. The van der Waals surface area contributed by atoms with Gasteiger partial charge in [0.25, 0.3) is 5.91 Å². The lowest BCUT2D eigenvalue weighted by molar-refractivity contribution is -0.137. The summed E-state index contributed by atoms with van der Waals surface area (Å²) in [5.74, 6) is -0.361. The number of amides is 1. The van der Waals surface area contributed by atoms with Crippen LogP contribution in [0.3, 0.4) is 0 Å². The van der Waals surface area contributed by atoms with E-state index in [0.717, 1.165) is 24.1 Å². The Morgan fingerprint density at radius 1 is 1.20 bits per heavy atom. The molecule has 0 spiro atoms. The second-order valence-electron chi connectivity index (χ2n) is 8.25. The van der Waals surface area contributed by atoms with Gasteiger partial charge in [-0.1, -0.05) is 30.3 Å². The predicted octanol–water partition coefficient (Wildman–Crippen LogP) is 4.28. The van der Waals surface area contributed by atoms with Crippen molar-refractivity contribution in [3.8, 4) is 17.1 Å². The number of alkyl halides is 3. The number of aromatic nitrogens is 2. The van der Waals surface area contributed by atoms with Crippen LogP contribution in [0.2, 0.25) is 0 Å². The first-order chi connectivity index (χ1) is 16.7. The number of halogens is 3. The number of ether oxygens (including phenoxy) is 2. The SMILES string of the molecule is C[C@@H](NC(=O)c1cnc(O[C@@H]2CCOC2)nc1)c1ccc(-c2cc(C(F)(F)F)ccc2CN)cc1. The highest BCUT2D eigenvalue weighted by Crippen LogP contribution is 2.34. The van der Waals surface area contributed by atoms with E-state index < -0.39 is 11.7 Å². The third kappa shape index (κ3) is 5.95. The molecule has 1 amide bonds. The zero-order valence-electron chi connectivity index (χ0n) is 19.0. The van der Waals surface area contributed by atoms with Crippen LogP contribution in [0.5, 0.6) is 6.01 Å². The van der Waals surface area contributed by atoms with Crippen molar-refractivity contribution in [1.29, 1.82) is 0 Å². The van der Waals surface area contributed by atoms with Gasteiger partial charge in [0.05, 0.1) is 30.4 Å². The first kappa shape index (κ1) is 24.6. The lowest BCUT2D eigenvalue weighted by atomic mass is 9.95. The van der Waals surface area contributed by atoms with Gasteiger partial charge in [-0.25, -0.2) is 9.97 Å². The highest BCUT2D eigenvalue weighted by atomic mass is 19.4. The van der Waals surface area contributed by atoms with Crippen LogP contribution in [0.1, 0.15) is 46.4 Å². The van der Waals surface area contributed by atoms with E-state index in [-0.39, 0.29) is 36.2 Å². The van der Waals surface area contributed by atoms with Gasteiger partial charge in [-0.15, -0.1) is 0 Å². The smallest absolute Gasteiger partial charge is 0.416 e. The van der Waals surface area contributed by atoms with Crippen LogP contribution in [-0.4, -0.2) is 35.2 Å². The molecule has 1 aliphatic rings. The lowest BCUT2D eigenvalue weighted by Crippen LogP contribution is -2.27. The fourth-order valence-corrected chi connectivity index (χ4v) is 3.76. The number of hydrogen-bond donors (Lipinski definition) is 2. The number of carbonyl (C=O) groups excluding carboxylic acids is 1. The first-order valence-corrected chi connectivity index (χ1v) is 11.1. The predicted molar refractivity (Wildman–Crippen MR) is 123 cm³/mol. The van der Waals surface area contributed by atoms with Gasteiger partial charge in [-0.2, -0.15) is 13.2 Å². The molecule has 10 heteroatoms. The van der Waals surface area contributed by atoms with Gasteiger partial charge in [-0.3, -0.25) is 4.79 Å². The minimum atomic E-state index is -4.44. The van der Waals surface area contributed by atoms with Gasteiger partial charge < -0.3 is 20.5 Å². The molecule has 3 N–H and O–H groups in total. The van der Waals surface area contributed by atoms with Crippen molar-refractivity contribution in [3.63, 3.8) is 0 Å². The highest BCUT2D eigenvalue weighted by Gasteiger charge is 2.31. The average Bonchev–Trinajstić information content (AvgIpc) is 3.36. The molecule has 0 unspecified atom stereocenters. The van der Waals surface area contributed by atoms with Gasteiger partial charge >= 0.3 is 12.2 Å². The Morgan fingerprint density at radius 2 is 1.91 bits per heavy atom. The van der Waals surface area contributed by atoms with Crippen molar-refractivity contribution in [2.45, 2.75) is 38.2 Å². The third-order valence-corrected chi connectivity index (χ3v) is 5.78. The Hall–Kier alpha value is -3.50. The van der Waals surface area contributed by atoms with Crippen LogP contribution in [0.15, 0.2) is 54.9 Å². The molecule has 0 bridgehead atoms. The summed E-state index contributed by atoms with van der Waals surface area (Å²) < 4.78 is 50.4. The van der Waals surface area contributed by atoms with E-state index in [1.165, 1.54) is 18.5 Å². The molecular weight excluding hydrogens is 461 g/mol. The van der Waals surface area contributed by atoms with Crippen LogP contribution in [0, 0.1) is 0 Å². The Bertz CT molecular complexity index is 1160. The fourth-order valence-electron chi connectivity index (χ4n) is 3.76. The summed E-state index contributed by atoms with van der Waals surface area (Å²) in [6.45, 7) is 3.05. The molecule has 1 aliphatic heterocycles. The van der Waals surface area contributed by atoms with Crippen molar-refractivity contribution in [1.82, 2.24) is 15.3 Å². The molecule has 0 aliphatic carbocycles. The summed E-state index contributed by atoms with van der Waals surface area (Å²) in [5.41, 5.74) is 7.70. The summed E-state index contributed by atoms with van der Waals surface area (Å²) in [6.07, 6.45) is -0.978. The summed E-state index contributed by atoms with van der Waals surface area (Å²) in [5, 5.41) is 2.87. The maximum atomic E-state index is 13.2. The molecule has 7 nitrogen and oxygen atoms in total. The van der Waals surface area contributed by atoms with Crippen LogP contribution < -0.4 is 15.8 Å². The number of nitrogens with two attached hydrogens (primary N) is 1. The Morgan fingerprint density at radius 3 is 2.51 bits per heavy atom. The minimum Gasteiger partial charge on any atom is -0.458 e. The summed E-state index contributed by atoms with van der Waals surface area (Å²) >= 11 is 0. The van der Waals surface area contributed by atoms with E-state index in [9.17, 15) is 18.0 Å². The van der Waals surface area contributed by atoms with Crippen molar-refractivity contribution < 1.29 is 27.4 Å². The van der Waals surface area contributed by atoms with Gasteiger partial charge in [0.2, 0.25) is 0 Å². The minimum absolute atomic E-state index is 0.0884. The maximum absolute atomic E-state index is 13.2. The fraction of sp³-hybridized carbons (Fsp3) is 0.320. The molecule has 0 saturated carbocycles. The number of benzene rings is 2. The normalized spacial score (nSPS) is 16.7. The van der Waals surface area contributed by atoms with Gasteiger partial charge in [0.1, 0.15) is 6.10 Å². The number of rotatable bonds is 7. The third-order valence-electron chi connectivity index (χ3n) is 5.78. The number of hydrogen-bond acceptors (Lipinski definition) is 6. The molecule has 2 aromatic carbocycles. The summed E-state index contributed by atoms with van der Waals surface area (Å²) in [4.78, 5) is 20.8. The average molecular weight is 486 g/mol. The molecule has 35 heavy (non-hydrogen) atoms. The van der Waals surface area contributed by atoms with E-state index in [4.69, 9.17) is 15.2 Å². The molecule has 184 valence electrons. The number of nitrogens with one attached hydrogen (secondary N) is 1. The Kier molecular flexibility index (Phi) is 7.32. The van der Waals surface area contributed by atoms with Crippen molar-refractivity contribution in [2.75, 3.05) is 13.2 Å². The number of carbonyl (C=O) groups is 1. The summed E-state index contributed by atoms with van der Waals surface area (Å²) in [7, 11) is 0. The Labute approximate surface area is 200 Å². The van der Waals surface area contributed by atoms with Gasteiger partial charge in [0.15, 0.2) is 0 Å². The zero-order valence-corrected chi connectivity index (χ0v) is 19.0. The van der Waals surface area contributed by atoms with Crippen LogP contribution in [0.4, 0.5) is 13.2 Å². The molecule has 1 aromatic heterocycles. The molecule has 2 heterocycles. The topological polar surface area (TPSA) is 99.4 Å². The standard InChI is InChI=1S/C25H25F3N4O3/c1-15(32-23(33)19-12-30-24(31-13-19)35-21-8-9-34-14-21)16-2-4-17(5-3-16)22-10-20(25(26,27)28)7-6-18(22)11-29/h2-7,10,12-13,15,21H,8-9,11,14,29H2,1H3,(H,32,33)/t15-,21-/m1/s1. The molecular formula is C25H25F3N4O3. The van der Waals surface area contributed by atoms with E-state index in [0.29, 0.717) is 29.9 Å². The highest BCUT2D eigenvalue weighted by molar-refractivity contribution is 5.93. The number of nitrogens with zero attached hydrogens (tertiary/aromatic N) is 2. The summed E-state index contributed by atoms with van der Waals surface area (Å²) in [6, 6.07) is 10.3. The largest absolute Gasteiger partial charge is 0.458 e. The quantitative estimate of drug-likeness (QED) is 0.517. The molecule has 1 saturated heterocycles. The molecule has 1 fully saturated rings. The molecule has 4 rings (SSSR count). The van der Waals surface area contributed by atoms with E-state index >= 15 is 0 Å².